The summed E-state index contributed by atoms with van der Waals surface area (Å²) in [5.74, 6) is -0.940. The molecule has 0 atom stereocenters. The number of imidazole rings is 1. The van der Waals surface area contributed by atoms with E-state index in [1.165, 1.54) is 11.3 Å². The van der Waals surface area contributed by atoms with Gasteiger partial charge in [-0.2, -0.15) is 0 Å². The summed E-state index contributed by atoms with van der Waals surface area (Å²) in [6.45, 7) is 0. The van der Waals surface area contributed by atoms with Gasteiger partial charge in [0.15, 0.2) is 4.96 Å². The smallest absolute Gasteiger partial charge is 0.353 e. The molecule has 0 aliphatic rings. The Bertz CT molecular complexity index is 651. The molecule has 0 spiro atoms. The lowest BCUT2D eigenvalue weighted by atomic mass is 10.3. The van der Waals surface area contributed by atoms with Crippen molar-refractivity contribution in [3.05, 3.63) is 35.7 Å². The van der Waals surface area contributed by atoms with Gasteiger partial charge in [0.25, 0.3) is 0 Å². The van der Waals surface area contributed by atoms with E-state index in [9.17, 15) is 4.79 Å². The highest BCUT2D eigenvalue weighted by Gasteiger charge is 2.13. The summed E-state index contributed by atoms with van der Waals surface area (Å²) in [5.41, 5.74) is 1.97. The molecule has 3 rings (SSSR count). The average Bonchev–Trinajstić information content (AvgIpc) is 2.92. The normalized spacial score (nSPS) is 11.0. The van der Waals surface area contributed by atoms with E-state index in [4.69, 9.17) is 5.11 Å². The predicted octanol–water partition coefficient (Wildman–Crippen LogP) is 2.09. The number of aromatic carboxylic acids is 1. The van der Waals surface area contributed by atoms with Crippen molar-refractivity contribution >= 4 is 22.3 Å². The summed E-state index contributed by atoms with van der Waals surface area (Å²) < 4.78 is 1.59. The minimum atomic E-state index is -0.940. The molecule has 0 saturated heterocycles. The van der Waals surface area contributed by atoms with Crippen molar-refractivity contribution in [3.8, 4) is 11.3 Å². The van der Waals surface area contributed by atoms with Crippen molar-refractivity contribution in [2.45, 2.75) is 0 Å². The van der Waals surface area contributed by atoms with Crippen LogP contribution in [0.25, 0.3) is 16.2 Å². The van der Waals surface area contributed by atoms with Crippen molar-refractivity contribution in [1.29, 1.82) is 0 Å². The lowest BCUT2D eigenvalue weighted by molar-refractivity contribution is 0.0689. The number of carbonyl (C=O) groups is 1. The Kier molecular flexibility index (Phi) is 1.84. The first-order valence-corrected chi connectivity index (χ1v) is 5.47. The highest BCUT2D eigenvalue weighted by Crippen LogP contribution is 2.23. The number of H-pyrrole nitrogens is 1. The molecule has 3 aromatic heterocycles. The maximum absolute atomic E-state index is 10.9. The van der Waals surface area contributed by atoms with Gasteiger partial charge in [-0.25, -0.2) is 9.78 Å². The molecule has 2 N–H and O–H groups in total. The summed E-state index contributed by atoms with van der Waals surface area (Å²) in [6, 6.07) is 1.90. The van der Waals surface area contributed by atoms with Crippen molar-refractivity contribution in [3.63, 3.8) is 0 Å². The Morgan fingerprint density at radius 2 is 2.44 bits per heavy atom. The zero-order chi connectivity index (χ0) is 11.1. The molecule has 0 unspecified atom stereocenters. The Hall–Kier alpha value is -2.08. The summed E-state index contributed by atoms with van der Waals surface area (Å²) in [6.07, 6.45) is 5.37. The lowest BCUT2D eigenvalue weighted by Crippen LogP contribution is -1.99. The summed E-state index contributed by atoms with van der Waals surface area (Å²) in [4.78, 5) is 18.9. The second-order valence-corrected chi connectivity index (χ2v) is 4.14. The number of nitrogens with one attached hydrogen (secondary N) is 1. The summed E-state index contributed by atoms with van der Waals surface area (Å²) in [5, 5.41) is 10.6. The molecule has 80 valence electrons. The largest absolute Gasteiger partial charge is 0.477 e. The van der Waals surface area contributed by atoms with E-state index < -0.39 is 5.97 Å². The van der Waals surface area contributed by atoms with Crippen LogP contribution in [0.3, 0.4) is 0 Å². The van der Waals surface area contributed by atoms with E-state index in [1.54, 1.807) is 22.2 Å². The van der Waals surface area contributed by atoms with Crippen LogP contribution in [-0.4, -0.2) is 25.4 Å². The average molecular weight is 233 g/mol. The van der Waals surface area contributed by atoms with Gasteiger partial charge < -0.3 is 10.1 Å². The van der Waals surface area contributed by atoms with Crippen LogP contribution in [-0.2, 0) is 0 Å². The van der Waals surface area contributed by atoms with Gasteiger partial charge in [0.05, 0.1) is 5.69 Å². The quantitative estimate of drug-likeness (QED) is 0.712. The van der Waals surface area contributed by atoms with Crippen molar-refractivity contribution < 1.29 is 9.90 Å². The van der Waals surface area contributed by atoms with Gasteiger partial charge >= 0.3 is 5.97 Å². The van der Waals surface area contributed by atoms with Crippen LogP contribution in [0.15, 0.2) is 30.0 Å². The van der Waals surface area contributed by atoms with Crippen molar-refractivity contribution in [1.82, 2.24) is 14.4 Å². The molecule has 3 heterocycles. The SMILES string of the molecule is O=C(O)c1csc2nc(-c3cc[nH]c3)cn12. The standard InChI is InChI=1S/C10H7N3O2S/c14-9(15)8-5-16-10-12-7(4-13(8)10)6-1-2-11-3-6/h1-5,11H,(H,14,15). The van der Waals surface area contributed by atoms with Gasteiger partial charge in [-0.05, 0) is 6.07 Å². The number of nitrogens with zero attached hydrogens (tertiary/aromatic N) is 2. The number of hydrogen-bond donors (Lipinski definition) is 2. The zero-order valence-corrected chi connectivity index (χ0v) is 8.86. The fraction of sp³-hybridized carbons (Fsp3) is 0. The number of hydrogen-bond acceptors (Lipinski definition) is 3. The second-order valence-electron chi connectivity index (χ2n) is 3.30. The molecule has 0 bridgehead atoms. The van der Waals surface area contributed by atoms with Crippen molar-refractivity contribution in [2.75, 3.05) is 0 Å². The van der Waals surface area contributed by atoms with Crippen molar-refractivity contribution in [2.24, 2.45) is 0 Å². The first-order valence-electron chi connectivity index (χ1n) is 4.59. The summed E-state index contributed by atoms with van der Waals surface area (Å²) >= 11 is 1.32. The molecule has 5 nitrogen and oxygen atoms in total. The fourth-order valence-corrected chi connectivity index (χ4v) is 2.41. The number of carboxylic acid groups (broad SMARTS) is 1. The molecular formula is C10H7N3O2S. The first-order chi connectivity index (χ1) is 7.75. The molecule has 3 aromatic rings. The van der Waals surface area contributed by atoms with Crippen LogP contribution in [0.5, 0.6) is 0 Å². The Labute approximate surface area is 94.0 Å². The number of carboxylic acids is 1. The highest BCUT2D eigenvalue weighted by molar-refractivity contribution is 7.15. The van der Waals surface area contributed by atoms with E-state index in [0.29, 0.717) is 4.96 Å². The number of aromatic nitrogens is 3. The van der Waals surface area contributed by atoms with Gasteiger partial charge in [0, 0.05) is 29.5 Å². The minimum absolute atomic E-state index is 0.245. The van der Waals surface area contributed by atoms with Gasteiger partial charge in [0.2, 0.25) is 0 Å². The number of thiazole rings is 1. The molecule has 0 amide bonds. The van der Waals surface area contributed by atoms with E-state index in [1.807, 2.05) is 12.3 Å². The van der Waals surface area contributed by atoms with Crippen LogP contribution >= 0.6 is 11.3 Å². The molecule has 0 aromatic carbocycles. The lowest BCUT2D eigenvalue weighted by Gasteiger charge is -1.89. The van der Waals surface area contributed by atoms with Gasteiger partial charge in [0.1, 0.15) is 5.69 Å². The monoisotopic (exact) mass is 233 g/mol. The molecule has 0 fully saturated rings. The van der Waals surface area contributed by atoms with Crippen LogP contribution in [0.4, 0.5) is 0 Å². The molecule has 0 aliphatic heterocycles. The van der Waals surface area contributed by atoms with E-state index >= 15 is 0 Å². The first kappa shape index (κ1) is 9.17. The highest BCUT2D eigenvalue weighted by atomic mass is 32.1. The Morgan fingerprint density at radius 1 is 1.56 bits per heavy atom. The number of rotatable bonds is 2. The van der Waals surface area contributed by atoms with Crippen LogP contribution < -0.4 is 0 Å². The number of aromatic amines is 1. The van der Waals surface area contributed by atoms with E-state index in [-0.39, 0.29) is 5.69 Å². The van der Waals surface area contributed by atoms with Crippen LogP contribution in [0.2, 0.25) is 0 Å². The zero-order valence-electron chi connectivity index (χ0n) is 8.04. The number of fused-ring (bicyclic) bond motifs is 1. The fourth-order valence-electron chi connectivity index (χ4n) is 1.56. The van der Waals surface area contributed by atoms with Crippen LogP contribution in [0.1, 0.15) is 10.5 Å². The molecule has 0 radical (unpaired) electrons. The minimum Gasteiger partial charge on any atom is -0.477 e. The van der Waals surface area contributed by atoms with Gasteiger partial charge in [-0.15, -0.1) is 11.3 Å². The van der Waals surface area contributed by atoms with Gasteiger partial charge in [-0.3, -0.25) is 4.40 Å². The third-order valence-electron chi connectivity index (χ3n) is 2.32. The molecule has 0 saturated carbocycles. The Balaban J connectivity index is 2.20. The topological polar surface area (TPSA) is 70.4 Å². The predicted molar refractivity (Wildman–Crippen MR) is 59.8 cm³/mol. The molecule has 16 heavy (non-hydrogen) atoms. The van der Waals surface area contributed by atoms with Gasteiger partial charge in [-0.1, -0.05) is 0 Å². The van der Waals surface area contributed by atoms with E-state index in [2.05, 4.69) is 9.97 Å². The summed E-state index contributed by atoms with van der Waals surface area (Å²) in [7, 11) is 0. The third kappa shape index (κ3) is 1.24. The Morgan fingerprint density at radius 3 is 3.12 bits per heavy atom. The molecule has 6 heteroatoms. The maximum Gasteiger partial charge on any atom is 0.353 e. The second kappa shape index (κ2) is 3.21. The van der Waals surface area contributed by atoms with E-state index in [0.717, 1.165) is 11.3 Å². The molecule has 0 aliphatic carbocycles. The molecular weight excluding hydrogens is 226 g/mol. The third-order valence-corrected chi connectivity index (χ3v) is 3.16. The maximum atomic E-state index is 10.9. The van der Waals surface area contributed by atoms with Crippen LogP contribution in [0, 0.1) is 0 Å².